The lowest BCUT2D eigenvalue weighted by atomic mass is 9.93. The average Bonchev–Trinajstić information content (AvgIpc) is 2.79. The lowest BCUT2D eigenvalue weighted by molar-refractivity contribution is 0.0523. The van der Waals surface area contributed by atoms with Crippen LogP contribution in [0.25, 0.3) is 0 Å². The molecule has 1 heterocycles. The molecular weight excluding hydrogens is 220 g/mol. The van der Waals surface area contributed by atoms with E-state index in [9.17, 15) is 9.90 Å². The molecule has 1 aliphatic carbocycles. The van der Waals surface area contributed by atoms with Crippen LogP contribution >= 0.6 is 0 Å². The summed E-state index contributed by atoms with van der Waals surface area (Å²) in [6, 6.07) is -0.00748. The highest BCUT2D eigenvalue weighted by Crippen LogP contribution is 2.28. The van der Waals surface area contributed by atoms with E-state index in [1.165, 1.54) is 6.20 Å². The zero-order valence-corrected chi connectivity index (χ0v) is 10.0. The first-order valence-corrected chi connectivity index (χ1v) is 6.11. The maximum Gasteiger partial charge on any atom is 0.341 e. The Labute approximate surface area is 100 Å². The number of esters is 1. The second-order valence-corrected chi connectivity index (χ2v) is 4.35. The molecular formula is C12H18N2O3. The summed E-state index contributed by atoms with van der Waals surface area (Å²) in [5, 5.41) is 14.0. The van der Waals surface area contributed by atoms with Gasteiger partial charge >= 0.3 is 5.97 Å². The SMILES string of the molecule is CCOC(=O)c1cnn([C@@H]2CCCC[C@H]2O)c1. The van der Waals surface area contributed by atoms with Crippen LogP contribution in [0.5, 0.6) is 0 Å². The van der Waals surface area contributed by atoms with Gasteiger partial charge in [0.25, 0.3) is 0 Å². The highest BCUT2D eigenvalue weighted by Gasteiger charge is 2.25. The van der Waals surface area contributed by atoms with Crippen LogP contribution in [0.1, 0.15) is 49.0 Å². The van der Waals surface area contributed by atoms with E-state index in [-0.39, 0.29) is 18.1 Å². The number of nitrogens with zero attached hydrogens (tertiary/aromatic N) is 2. The number of carbonyl (C=O) groups is 1. The number of hydrogen-bond donors (Lipinski definition) is 1. The predicted molar refractivity (Wildman–Crippen MR) is 61.7 cm³/mol. The van der Waals surface area contributed by atoms with Crippen LogP contribution in [0.4, 0.5) is 0 Å². The van der Waals surface area contributed by atoms with Crippen molar-refractivity contribution in [3.63, 3.8) is 0 Å². The van der Waals surface area contributed by atoms with Crippen molar-refractivity contribution in [3.05, 3.63) is 18.0 Å². The van der Waals surface area contributed by atoms with Crippen molar-refractivity contribution in [1.82, 2.24) is 9.78 Å². The van der Waals surface area contributed by atoms with Gasteiger partial charge in [-0.15, -0.1) is 0 Å². The zero-order valence-electron chi connectivity index (χ0n) is 10.0. The van der Waals surface area contributed by atoms with Crippen LogP contribution in [0, 0.1) is 0 Å². The monoisotopic (exact) mass is 238 g/mol. The van der Waals surface area contributed by atoms with E-state index in [0.29, 0.717) is 12.2 Å². The minimum absolute atomic E-state index is 0.00748. The van der Waals surface area contributed by atoms with E-state index >= 15 is 0 Å². The van der Waals surface area contributed by atoms with Gasteiger partial charge in [0.05, 0.1) is 30.5 Å². The third-order valence-corrected chi connectivity index (χ3v) is 3.15. The second-order valence-electron chi connectivity index (χ2n) is 4.35. The number of aliphatic hydroxyl groups excluding tert-OH is 1. The lowest BCUT2D eigenvalue weighted by Crippen LogP contribution is -2.27. The fourth-order valence-corrected chi connectivity index (χ4v) is 2.24. The predicted octanol–water partition coefficient (Wildman–Crippen LogP) is 1.54. The van der Waals surface area contributed by atoms with Crippen LogP contribution in [-0.2, 0) is 4.74 Å². The molecule has 0 spiro atoms. The third-order valence-electron chi connectivity index (χ3n) is 3.15. The molecule has 5 heteroatoms. The van der Waals surface area contributed by atoms with Crippen molar-refractivity contribution in [1.29, 1.82) is 0 Å². The highest BCUT2D eigenvalue weighted by molar-refractivity contribution is 5.88. The minimum Gasteiger partial charge on any atom is -0.462 e. The molecule has 1 aromatic rings. The van der Waals surface area contributed by atoms with Gasteiger partial charge in [0.1, 0.15) is 0 Å². The first-order chi connectivity index (χ1) is 8.22. The van der Waals surface area contributed by atoms with Crippen molar-refractivity contribution >= 4 is 5.97 Å². The number of aromatic nitrogens is 2. The molecule has 1 aromatic heterocycles. The van der Waals surface area contributed by atoms with Crippen molar-refractivity contribution in [2.45, 2.75) is 44.8 Å². The van der Waals surface area contributed by atoms with Crippen molar-refractivity contribution < 1.29 is 14.6 Å². The zero-order chi connectivity index (χ0) is 12.3. The molecule has 0 aliphatic heterocycles. The van der Waals surface area contributed by atoms with E-state index in [4.69, 9.17) is 4.74 Å². The van der Waals surface area contributed by atoms with E-state index in [0.717, 1.165) is 25.7 Å². The van der Waals surface area contributed by atoms with E-state index < -0.39 is 0 Å². The normalized spacial score (nSPS) is 24.6. The summed E-state index contributed by atoms with van der Waals surface area (Å²) in [6.07, 6.45) is 6.67. The molecule has 0 amide bonds. The molecule has 0 saturated heterocycles. The first kappa shape index (κ1) is 12.1. The number of aliphatic hydroxyl groups is 1. The molecule has 0 unspecified atom stereocenters. The first-order valence-electron chi connectivity index (χ1n) is 6.11. The molecule has 1 fully saturated rings. The molecule has 2 atom stereocenters. The number of ether oxygens (including phenoxy) is 1. The Morgan fingerprint density at radius 1 is 1.59 bits per heavy atom. The highest BCUT2D eigenvalue weighted by atomic mass is 16.5. The van der Waals surface area contributed by atoms with Crippen LogP contribution in [0.15, 0.2) is 12.4 Å². The van der Waals surface area contributed by atoms with Gasteiger partial charge in [-0.3, -0.25) is 4.68 Å². The van der Waals surface area contributed by atoms with E-state index in [1.807, 2.05) is 0 Å². The lowest BCUT2D eigenvalue weighted by Gasteiger charge is -2.27. The fourth-order valence-electron chi connectivity index (χ4n) is 2.24. The molecule has 1 aliphatic rings. The van der Waals surface area contributed by atoms with Gasteiger partial charge in [-0.25, -0.2) is 4.79 Å². The maximum atomic E-state index is 11.5. The fraction of sp³-hybridized carbons (Fsp3) is 0.667. The van der Waals surface area contributed by atoms with Crippen molar-refractivity contribution in [3.8, 4) is 0 Å². The summed E-state index contributed by atoms with van der Waals surface area (Å²) < 4.78 is 6.59. The Kier molecular flexibility index (Phi) is 3.78. The molecule has 1 saturated carbocycles. The van der Waals surface area contributed by atoms with Gasteiger partial charge in [-0.1, -0.05) is 12.8 Å². The maximum absolute atomic E-state index is 11.5. The topological polar surface area (TPSA) is 64.3 Å². The minimum atomic E-state index is -0.362. The van der Waals surface area contributed by atoms with E-state index in [1.54, 1.807) is 17.8 Å². The van der Waals surface area contributed by atoms with Gasteiger partial charge < -0.3 is 9.84 Å². The molecule has 2 rings (SSSR count). The van der Waals surface area contributed by atoms with Gasteiger partial charge in [0.15, 0.2) is 0 Å². The molecule has 0 radical (unpaired) electrons. The van der Waals surface area contributed by atoms with Crippen molar-refractivity contribution in [2.24, 2.45) is 0 Å². The number of hydrogen-bond acceptors (Lipinski definition) is 4. The quantitative estimate of drug-likeness (QED) is 0.811. The van der Waals surface area contributed by atoms with Crippen LogP contribution in [0.2, 0.25) is 0 Å². The molecule has 17 heavy (non-hydrogen) atoms. The average molecular weight is 238 g/mol. The molecule has 0 aromatic carbocycles. The van der Waals surface area contributed by atoms with Gasteiger partial charge in [-0.05, 0) is 19.8 Å². The summed E-state index contributed by atoms with van der Waals surface area (Å²) in [7, 11) is 0. The van der Waals surface area contributed by atoms with Crippen LogP contribution in [0.3, 0.4) is 0 Å². The summed E-state index contributed by atoms with van der Waals surface area (Å²) in [5.74, 6) is -0.357. The number of rotatable bonds is 3. The Hall–Kier alpha value is -1.36. The summed E-state index contributed by atoms with van der Waals surface area (Å²) in [6.45, 7) is 2.13. The van der Waals surface area contributed by atoms with Gasteiger partial charge in [-0.2, -0.15) is 5.10 Å². The molecule has 1 N–H and O–H groups in total. The van der Waals surface area contributed by atoms with E-state index in [2.05, 4.69) is 5.10 Å². The van der Waals surface area contributed by atoms with Crippen LogP contribution < -0.4 is 0 Å². The van der Waals surface area contributed by atoms with Crippen molar-refractivity contribution in [2.75, 3.05) is 6.61 Å². The van der Waals surface area contributed by atoms with Gasteiger partial charge in [0.2, 0.25) is 0 Å². The van der Waals surface area contributed by atoms with Crippen LogP contribution in [-0.4, -0.2) is 33.6 Å². The summed E-state index contributed by atoms with van der Waals surface area (Å²) in [5.41, 5.74) is 0.449. The smallest absolute Gasteiger partial charge is 0.341 e. The molecule has 94 valence electrons. The summed E-state index contributed by atoms with van der Waals surface area (Å²) in [4.78, 5) is 11.5. The largest absolute Gasteiger partial charge is 0.462 e. The van der Waals surface area contributed by atoms with Gasteiger partial charge in [0, 0.05) is 6.20 Å². The second kappa shape index (κ2) is 5.31. The third kappa shape index (κ3) is 2.66. The summed E-state index contributed by atoms with van der Waals surface area (Å²) >= 11 is 0. The Bertz CT molecular complexity index is 389. The number of carbonyl (C=O) groups excluding carboxylic acids is 1. The molecule has 0 bridgehead atoms. The Morgan fingerprint density at radius 2 is 2.35 bits per heavy atom. The Balaban J connectivity index is 2.09. The Morgan fingerprint density at radius 3 is 3.06 bits per heavy atom. The standard InChI is InChI=1S/C12H18N2O3/c1-2-17-12(16)9-7-13-14(8-9)10-5-3-4-6-11(10)15/h7-8,10-11,15H,2-6H2,1H3/t10-,11-/m1/s1. The molecule has 5 nitrogen and oxygen atoms in total.